The predicted molar refractivity (Wildman–Crippen MR) is 118 cm³/mol. The third-order valence-electron chi connectivity index (χ3n) is 5.77. The van der Waals surface area contributed by atoms with Crippen molar-refractivity contribution in [1.29, 1.82) is 0 Å². The number of carbonyl (C=O) groups is 2. The lowest BCUT2D eigenvalue weighted by atomic mass is 9.82. The van der Waals surface area contributed by atoms with Crippen LogP contribution in [0.3, 0.4) is 0 Å². The third-order valence-corrected chi connectivity index (χ3v) is 6.45. The number of rotatable bonds is 4. The SMILES string of the molecule is CN(C(=O)C(C)(C)c1cc(Cl)cc(Cl)c1)C1CN(C(=O)Cl)CC1c1ccc(F)cc1. The third kappa shape index (κ3) is 4.58. The number of hydrogen-bond acceptors (Lipinski definition) is 2. The van der Waals surface area contributed by atoms with Crippen molar-refractivity contribution in [3.05, 3.63) is 69.5 Å². The van der Waals surface area contributed by atoms with E-state index in [4.69, 9.17) is 34.8 Å². The number of hydrogen-bond donors (Lipinski definition) is 0. The molecule has 1 aliphatic rings. The van der Waals surface area contributed by atoms with Crippen LogP contribution in [-0.4, -0.2) is 47.3 Å². The van der Waals surface area contributed by atoms with E-state index >= 15 is 0 Å². The van der Waals surface area contributed by atoms with E-state index in [9.17, 15) is 14.0 Å². The van der Waals surface area contributed by atoms with Crippen molar-refractivity contribution in [2.75, 3.05) is 20.1 Å². The van der Waals surface area contributed by atoms with Crippen molar-refractivity contribution < 1.29 is 14.0 Å². The van der Waals surface area contributed by atoms with E-state index < -0.39 is 10.8 Å². The van der Waals surface area contributed by atoms with Crippen LogP contribution >= 0.6 is 34.8 Å². The van der Waals surface area contributed by atoms with Gasteiger partial charge in [-0.25, -0.2) is 4.39 Å². The van der Waals surface area contributed by atoms with Crippen molar-refractivity contribution in [1.82, 2.24) is 9.80 Å². The molecule has 0 saturated carbocycles. The summed E-state index contributed by atoms with van der Waals surface area (Å²) in [6, 6.07) is 10.8. The Morgan fingerprint density at radius 1 is 1.07 bits per heavy atom. The lowest BCUT2D eigenvalue weighted by Gasteiger charge is -2.35. The molecule has 0 N–H and O–H groups in total. The van der Waals surface area contributed by atoms with Gasteiger partial charge in [-0.3, -0.25) is 9.59 Å². The Hall–Kier alpha value is -1.82. The molecule has 8 heteroatoms. The van der Waals surface area contributed by atoms with Gasteiger partial charge < -0.3 is 9.80 Å². The molecule has 0 aromatic heterocycles. The van der Waals surface area contributed by atoms with E-state index in [2.05, 4.69) is 0 Å². The molecule has 0 aliphatic carbocycles. The molecule has 30 heavy (non-hydrogen) atoms. The highest BCUT2D eigenvalue weighted by atomic mass is 35.5. The van der Waals surface area contributed by atoms with Crippen LogP contribution in [0.4, 0.5) is 9.18 Å². The van der Waals surface area contributed by atoms with Crippen molar-refractivity contribution in [2.45, 2.75) is 31.2 Å². The molecule has 2 aromatic carbocycles. The van der Waals surface area contributed by atoms with E-state index in [1.54, 1.807) is 56.1 Å². The van der Waals surface area contributed by atoms with Gasteiger partial charge in [-0.1, -0.05) is 35.3 Å². The zero-order valence-electron chi connectivity index (χ0n) is 16.8. The van der Waals surface area contributed by atoms with E-state index in [1.807, 2.05) is 0 Å². The van der Waals surface area contributed by atoms with Crippen LogP contribution in [0.2, 0.25) is 10.0 Å². The first-order valence-corrected chi connectivity index (χ1v) is 10.6. The molecule has 3 rings (SSSR count). The van der Waals surface area contributed by atoms with Gasteiger partial charge in [0.25, 0.3) is 0 Å². The second-order valence-corrected chi connectivity index (χ2v) is 9.28. The topological polar surface area (TPSA) is 40.6 Å². The minimum absolute atomic E-state index is 0.151. The summed E-state index contributed by atoms with van der Waals surface area (Å²) in [5, 5.41) is 0.321. The highest BCUT2D eigenvalue weighted by Gasteiger charge is 2.43. The number of benzene rings is 2. The van der Waals surface area contributed by atoms with Crippen LogP contribution in [0.15, 0.2) is 42.5 Å². The second kappa shape index (κ2) is 8.74. The van der Waals surface area contributed by atoms with Gasteiger partial charge in [0, 0.05) is 36.1 Å². The van der Waals surface area contributed by atoms with Gasteiger partial charge >= 0.3 is 5.37 Å². The van der Waals surface area contributed by atoms with Crippen LogP contribution in [0.1, 0.15) is 30.9 Å². The lowest BCUT2D eigenvalue weighted by Crippen LogP contribution is -2.49. The van der Waals surface area contributed by atoms with E-state index in [0.717, 1.165) is 5.56 Å². The summed E-state index contributed by atoms with van der Waals surface area (Å²) >= 11 is 18.0. The molecule has 2 aromatic rings. The molecule has 0 radical (unpaired) electrons. The summed E-state index contributed by atoms with van der Waals surface area (Å²) in [4.78, 5) is 28.5. The standard InChI is InChI=1S/C22H22Cl3FN2O2/c1-22(2,14-8-15(23)10-16(24)9-14)20(29)27(3)19-12-28(21(25)30)11-18(19)13-4-6-17(26)7-5-13/h4-10,18-19H,11-12H2,1-3H3. The first kappa shape index (κ1) is 22.9. The van der Waals surface area contributed by atoms with E-state index in [-0.39, 0.29) is 23.7 Å². The Morgan fingerprint density at radius 2 is 1.63 bits per heavy atom. The molecule has 2 unspecified atom stereocenters. The van der Waals surface area contributed by atoms with Crippen LogP contribution in [0.5, 0.6) is 0 Å². The monoisotopic (exact) mass is 470 g/mol. The van der Waals surface area contributed by atoms with Crippen molar-refractivity contribution >= 4 is 46.1 Å². The van der Waals surface area contributed by atoms with Crippen LogP contribution in [0.25, 0.3) is 0 Å². The number of nitrogens with zero attached hydrogens (tertiary/aromatic N) is 2. The molecule has 1 heterocycles. The molecule has 2 amide bonds. The van der Waals surface area contributed by atoms with Crippen molar-refractivity contribution in [3.63, 3.8) is 0 Å². The summed E-state index contributed by atoms with van der Waals surface area (Å²) < 4.78 is 13.4. The summed E-state index contributed by atoms with van der Waals surface area (Å²) in [7, 11) is 1.71. The molecule has 2 atom stereocenters. The second-order valence-electron chi connectivity index (χ2n) is 8.08. The maximum absolute atomic E-state index is 13.5. The van der Waals surface area contributed by atoms with Crippen LogP contribution < -0.4 is 0 Å². The summed E-state index contributed by atoms with van der Waals surface area (Å²) in [5.74, 6) is -0.690. The average molecular weight is 472 g/mol. The van der Waals surface area contributed by atoms with Gasteiger partial charge in [0.2, 0.25) is 5.91 Å². The Bertz CT molecular complexity index is 945. The molecule has 1 fully saturated rings. The van der Waals surface area contributed by atoms with Gasteiger partial charge in [0.15, 0.2) is 0 Å². The minimum atomic E-state index is -0.908. The zero-order valence-corrected chi connectivity index (χ0v) is 19.1. The van der Waals surface area contributed by atoms with Gasteiger partial charge in [-0.2, -0.15) is 0 Å². The fourth-order valence-electron chi connectivity index (χ4n) is 3.99. The number of amides is 2. The normalized spacial score (nSPS) is 19.1. The van der Waals surface area contributed by atoms with Gasteiger partial charge in [-0.05, 0) is 66.9 Å². The lowest BCUT2D eigenvalue weighted by molar-refractivity contribution is -0.137. The van der Waals surface area contributed by atoms with Gasteiger partial charge in [0.1, 0.15) is 5.82 Å². The Morgan fingerprint density at radius 3 is 2.17 bits per heavy atom. The number of likely N-dealkylation sites (tertiary alicyclic amines) is 1. The first-order chi connectivity index (χ1) is 14.0. The van der Waals surface area contributed by atoms with Crippen LogP contribution in [0, 0.1) is 5.82 Å². The zero-order chi connectivity index (χ0) is 22.2. The molecule has 0 bridgehead atoms. The minimum Gasteiger partial charge on any atom is -0.340 e. The fraction of sp³-hybridized carbons (Fsp3) is 0.364. The first-order valence-electron chi connectivity index (χ1n) is 9.44. The molecule has 1 aliphatic heterocycles. The molecular weight excluding hydrogens is 450 g/mol. The Kier molecular flexibility index (Phi) is 6.66. The van der Waals surface area contributed by atoms with E-state index in [0.29, 0.717) is 28.7 Å². The fourth-order valence-corrected chi connectivity index (χ4v) is 4.65. The largest absolute Gasteiger partial charge is 0.340 e. The van der Waals surface area contributed by atoms with Crippen molar-refractivity contribution in [2.24, 2.45) is 0 Å². The highest BCUT2D eigenvalue weighted by molar-refractivity contribution is 6.62. The number of halogens is 4. The molecule has 1 saturated heterocycles. The number of carbonyl (C=O) groups excluding carboxylic acids is 2. The van der Waals surface area contributed by atoms with Gasteiger partial charge in [0.05, 0.1) is 11.5 Å². The average Bonchev–Trinajstić information content (AvgIpc) is 3.12. The quantitative estimate of drug-likeness (QED) is 0.424. The predicted octanol–water partition coefficient (Wildman–Crippen LogP) is 5.70. The summed E-state index contributed by atoms with van der Waals surface area (Å²) in [6.45, 7) is 4.25. The molecule has 4 nitrogen and oxygen atoms in total. The molecule has 0 spiro atoms. The maximum atomic E-state index is 13.5. The molecular formula is C22H22Cl3FN2O2. The molecule has 160 valence electrons. The van der Waals surface area contributed by atoms with Crippen molar-refractivity contribution in [3.8, 4) is 0 Å². The summed E-state index contributed by atoms with van der Waals surface area (Å²) in [5.41, 5.74) is 0.623. The Labute approximate surface area is 190 Å². The van der Waals surface area contributed by atoms with Crippen LogP contribution in [-0.2, 0) is 10.2 Å². The number of likely N-dealkylation sites (N-methyl/N-ethyl adjacent to an activating group) is 1. The highest BCUT2D eigenvalue weighted by Crippen LogP contribution is 2.36. The summed E-state index contributed by atoms with van der Waals surface area (Å²) in [6.07, 6.45) is 0. The smallest absolute Gasteiger partial charge is 0.316 e. The Balaban J connectivity index is 1.93. The maximum Gasteiger partial charge on any atom is 0.316 e. The van der Waals surface area contributed by atoms with E-state index in [1.165, 1.54) is 17.0 Å². The van der Waals surface area contributed by atoms with Gasteiger partial charge in [-0.15, -0.1) is 0 Å².